The average molecular weight is 365 g/mol. The molecule has 2 aromatic carbocycles. The average Bonchev–Trinajstić information content (AvgIpc) is 2.58. The number of carbonyl (C=O) groups excluding carboxylic acids is 1. The first kappa shape index (κ1) is 18.8. The molecule has 3 nitrogen and oxygen atoms in total. The molecule has 2 rings (SSSR count). The largest absolute Gasteiger partial charge is 0.348 e. The lowest BCUT2D eigenvalue weighted by atomic mass is 10.1. The first-order chi connectivity index (χ1) is 11.5. The van der Waals surface area contributed by atoms with Crippen molar-refractivity contribution in [3.8, 4) is 0 Å². The smallest absolute Gasteiger partial charge is 0.253 e. The molecule has 0 radical (unpaired) electrons. The Morgan fingerprint density at radius 2 is 1.75 bits per heavy atom. The summed E-state index contributed by atoms with van der Waals surface area (Å²) in [5.74, 6) is -0.203. The summed E-state index contributed by atoms with van der Waals surface area (Å²) >= 11 is 11.9. The Labute approximate surface area is 153 Å². The molecule has 0 spiro atoms. The van der Waals surface area contributed by atoms with E-state index in [-0.39, 0.29) is 5.91 Å². The first-order valence-corrected chi connectivity index (χ1v) is 8.82. The molecular formula is C19H22Cl2N2O. The summed E-state index contributed by atoms with van der Waals surface area (Å²) in [7, 11) is 0. The molecule has 2 aromatic rings. The van der Waals surface area contributed by atoms with E-state index >= 15 is 0 Å². The second-order valence-electron chi connectivity index (χ2n) is 5.59. The van der Waals surface area contributed by atoms with E-state index < -0.39 is 0 Å². The van der Waals surface area contributed by atoms with E-state index in [9.17, 15) is 4.79 Å². The van der Waals surface area contributed by atoms with Crippen molar-refractivity contribution in [2.75, 3.05) is 13.1 Å². The molecule has 0 bridgehead atoms. The summed E-state index contributed by atoms with van der Waals surface area (Å²) in [6.07, 6.45) is 0. The van der Waals surface area contributed by atoms with E-state index in [0.29, 0.717) is 22.2 Å². The maximum Gasteiger partial charge on any atom is 0.253 e. The zero-order chi connectivity index (χ0) is 17.5. The summed E-state index contributed by atoms with van der Waals surface area (Å²) < 4.78 is 0. The predicted molar refractivity (Wildman–Crippen MR) is 101 cm³/mol. The zero-order valence-corrected chi connectivity index (χ0v) is 15.5. The van der Waals surface area contributed by atoms with Crippen LogP contribution in [0, 0.1) is 0 Å². The fourth-order valence-electron chi connectivity index (χ4n) is 2.49. The van der Waals surface area contributed by atoms with Crippen molar-refractivity contribution in [1.82, 2.24) is 10.2 Å². The topological polar surface area (TPSA) is 32.3 Å². The minimum atomic E-state index is -0.203. The van der Waals surface area contributed by atoms with E-state index in [2.05, 4.69) is 36.2 Å². The number of carbonyl (C=O) groups is 1. The highest BCUT2D eigenvalue weighted by Gasteiger charge is 2.10. The third kappa shape index (κ3) is 5.23. The quantitative estimate of drug-likeness (QED) is 0.767. The SMILES string of the molecule is CCN(CC)Cc1cccc(CNC(=O)c2ccc(Cl)cc2Cl)c1. The molecule has 0 aliphatic rings. The van der Waals surface area contributed by atoms with Crippen LogP contribution >= 0.6 is 23.2 Å². The summed E-state index contributed by atoms with van der Waals surface area (Å²) in [4.78, 5) is 14.6. The van der Waals surface area contributed by atoms with Gasteiger partial charge in [-0.2, -0.15) is 0 Å². The summed E-state index contributed by atoms with van der Waals surface area (Å²) in [6.45, 7) is 7.73. The highest BCUT2D eigenvalue weighted by molar-refractivity contribution is 6.36. The number of nitrogens with zero attached hydrogens (tertiary/aromatic N) is 1. The van der Waals surface area contributed by atoms with Crippen molar-refractivity contribution >= 4 is 29.1 Å². The lowest BCUT2D eigenvalue weighted by Crippen LogP contribution is -2.24. The van der Waals surface area contributed by atoms with E-state index in [1.165, 1.54) is 5.56 Å². The van der Waals surface area contributed by atoms with Crippen LogP contribution in [0.15, 0.2) is 42.5 Å². The molecule has 0 unspecified atom stereocenters. The van der Waals surface area contributed by atoms with Gasteiger partial charge in [0.1, 0.15) is 0 Å². The van der Waals surface area contributed by atoms with E-state index in [1.807, 2.05) is 12.1 Å². The first-order valence-electron chi connectivity index (χ1n) is 8.07. The van der Waals surface area contributed by atoms with Gasteiger partial charge in [0.2, 0.25) is 0 Å². The number of benzene rings is 2. The second-order valence-corrected chi connectivity index (χ2v) is 6.43. The molecular weight excluding hydrogens is 343 g/mol. The van der Waals surface area contributed by atoms with Crippen molar-refractivity contribution < 1.29 is 4.79 Å². The van der Waals surface area contributed by atoms with Crippen molar-refractivity contribution in [2.24, 2.45) is 0 Å². The normalized spacial score (nSPS) is 10.9. The van der Waals surface area contributed by atoms with Crippen LogP contribution in [-0.4, -0.2) is 23.9 Å². The zero-order valence-electron chi connectivity index (χ0n) is 14.0. The van der Waals surface area contributed by atoms with Crippen LogP contribution in [0.5, 0.6) is 0 Å². The number of amides is 1. The molecule has 0 atom stereocenters. The Bertz CT molecular complexity index is 700. The molecule has 0 saturated carbocycles. The van der Waals surface area contributed by atoms with E-state index in [0.717, 1.165) is 25.2 Å². The number of hydrogen-bond donors (Lipinski definition) is 1. The minimum Gasteiger partial charge on any atom is -0.348 e. The predicted octanol–water partition coefficient (Wildman–Crippen LogP) is 4.77. The Kier molecular flexibility index (Phi) is 7.10. The van der Waals surface area contributed by atoms with Gasteiger partial charge in [-0.1, -0.05) is 61.3 Å². The van der Waals surface area contributed by atoms with Crippen LogP contribution in [0.1, 0.15) is 35.3 Å². The van der Waals surface area contributed by atoms with Gasteiger partial charge in [0.15, 0.2) is 0 Å². The number of halogens is 2. The van der Waals surface area contributed by atoms with Gasteiger partial charge >= 0.3 is 0 Å². The summed E-state index contributed by atoms with van der Waals surface area (Å²) in [6, 6.07) is 13.1. The van der Waals surface area contributed by atoms with Crippen LogP contribution in [-0.2, 0) is 13.1 Å². The summed E-state index contributed by atoms with van der Waals surface area (Å²) in [5, 5.41) is 3.78. The fourth-order valence-corrected chi connectivity index (χ4v) is 2.99. The number of nitrogens with one attached hydrogen (secondary N) is 1. The molecule has 5 heteroatoms. The monoisotopic (exact) mass is 364 g/mol. The van der Waals surface area contributed by atoms with Gasteiger partial charge in [0.05, 0.1) is 10.6 Å². The molecule has 0 aromatic heterocycles. The van der Waals surface area contributed by atoms with Crippen LogP contribution in [0.4, 0.5) is 0 Å². The summed E-state index contributed by atoms with van der Waals surface area (Å²) in [5.41, 5.74) is 2.74. The van der Waals surface area contributed by atoms with Gasteiger partial charge in [0, 0.05) is 18.1 Å². The van der Waals surface area contributed by atoms with Gasteiger partial charge in [-0.15, -0.1) is 0 Å². The molecule has 24 heavy (non-hydrogen) atoms. The molecule has 0 aliphatic carbocycles. The van der Waals surface area contributed by atoms with Crippen molar-refractivity contribution in [3.05, 3.63) is 69.2 Å². The van der Waals surface area contributed by atoms with Crippen LogP contribution in [0.2, 0.25) is 10.0 Å². The van der Waals surface area contributed by atoms with Gasteiger partial charge in [-0.25, -0.2) is 0 Å². The van der Waals surface area contributed by atoms with Crippen LogP contribution in [0.3, 0.4) is 0 Å². The standard InChI is InChI=1S/C19H22Cl2N2O/c1-3-23(4-2)13-15-7-5-6-14(10-15)12-22-19(24)17-9-8-16(20)11-18(17)21/h5-11H,3-4,12-13H2,1-2H3,(H,22,24). The lowest BCUT2D eigenvalue weighted by molar-refractivity contribution is 0.0951. The minimum absolute atomic E-state index is 0.203. The molecule has 0 fully saturated rings. The maximum atomic E-state index is 12.3. The maximum absolute atomic E-state index is 12.3. The number of hydrogen-bond acceptors (Lipinski definition) is 2. The third-order valence-electron chi connectivity index (χ3n) is 3.92. The van der Waals surface area contributed by atoms with Crippen molar-refractivity contribution in [2.45, 2.75) is 26.9 Å². The molecule has 1 amide bonds. The van der Waals surface area contributed by atoms with Crippen molar-refractivity contribution in [1.29, 1.82) is 0 Å². The van der Waals surface area contributed by atoms with E-state index in [1.54, 1.807) is 18.2 Å². The number of rotatable bonds is 7. The van der Waals surface area contributed by atoms with Crippen molar-refractivity contribution in [3.63, 3.8) is 0 Å². The van der Waals surface area contributed by atoms with Crippen LogP contribution < -0.4 is 5.32 Å². The fraction of sp³-hybridized carbons (Fsp3) is 0.316. The Morgan fingerprint density at radius 3 is 2.42 bits per heavy atom. The molecule has 0 aliphatic heterocycles. The Balaban J connectivity index is 2.00. The highest BCUT2D eigenvalue weighted by Crippen LogP contribution is 2.21. The Hall–Kier alpha value is -1.55. The van der Waals surface area contributed by atoms with Crippen LogP contribution in [0.25, 0.3) is 0 Å². The second kappa shape index (κ2) is 9.07. The van der Waals surface area contributed by atoms with Gasteiger partial charge in [-0.05, 0) is 42.4 Å². The van der Waals surface area contributed by atoms with Gasteiger partial charge in [-0.3, -0.25) is 9.69 Å². The van der Waals surface area contributed by atoms with E-state index in [4.69, 9.17) is 23.2 Å². The lowest BCUT2D eigenvalue weighted by Gasteiger charge is -2.18. The highest BCUT2D eigenvalue weighted by atomic mass is 35.5. The third-order valence-corrected chi connectivity index (χ3v) is 4.47. The van der Waals surface area contributed by atoms with Gasteiger partial charge < -0.3 is 5.32 Å². The molecule has 0 saturated heterocycles. The Morgan fingerprint density at radius 1 is 1.04 bits per heavy atom. The van der Waals surface area contributed by atoms with Gasteiger partial charge in [0.25, 0.3) is 5.91 Å². The molecule has 128 valence electrons. The molecule has 1 N–H and O–H groups in total. The molecule has 0 heterocycles.